The molecule has 0 saturated heterocycles. The van der Waals surface area contributed by atoms with Gasteiger partial charge in [-0.1, -0.05) is 31.5 Å². The molecule has 0 unspecified atom stereocenters. The normalized spacial score (nSPS) is 11.5. The Morgan fingerprint density at radius 2 is 1.97 bits per heavy atom. The summed E-state index contributed by atoms with van der Waals surface area (Å²) in [5.74, 6) is -0.280. The molecule has 0 bridgehead atoms. The lowest BCUT2D eigenvalue weighted by molar-refractivity contribution is -0.154. The van der Waals surface area contributed by atoms with Crippen molar-refractivity contribution in [2.45, 2.75) is 26.6 Å². The minimum atomic E-state index is -4.48. The lowest BCUT2D eigenvalue weighted by atomic mass is 10.1. The number of nitrogens with one attached hydrogen (secondary N) is 2. The summed E-state index contributed by atoms with van der Waals surface area (Å²) in [6.07, 6.45) is -3.22. The Hall–Kier alpha value is -3.40. The van der Waals surface area contributed by atoms with Crippen LogP contribution >= 0.6 is 11.6 Å². The average Bonchev–Trinajstić information content (AvgIpc) is 2.76. The van der Waals surface area contributed by atoms with Gasteiger partial charge in [-0.05, 0) is 23.8 Å². The van der Waals surface area contributed by atoms with Gasteiger partial charge in [-0.25, -0.2) is 9.97 Å². The zero-order valence-corrected chi connectivity index (χ0v) is 18.4. The van der Waals surface area contributed by atoms with Gasteiger partial charge in [0.25, 0.3) is 5.56 Å². The third-order valence-corrected chi connectivity index (χ3v) is 4.76. The number of aromatic nitrogens is 3. The van der Waals surface area contributed by atoms with Crippen LogP contribution in [0.25, 0.3) is 22.6 Å². The van der Waals surface area contributed by atoms with Crippen LogP contribution < -0.4 is 15.6 Å². The number of hydrogen-bond acceptors (Lipinski definition) is 5. The van der Waals surface area contributed by atoms with E-state index in [2.05, 4.69) is 25.0 Å². The molecule has 1 aromatic carbocycles. The number of aromatic amines is 1. The fourth-order valence-corrected chi connectivity index (χ4v) is 2.97. The van der Waals surface area contributed by atoms with E-state index in [0.717, 1.165) is 5.56 Å². The number of pyridine rings is 1. The van der Waals surface area contributed by atoms with E-state index in [1.54, 1.807) is 32.0 Å². The number of benzene rings is 1. The quantitative estimate of drug-likeness (QED) is 0.523. The van der Waals surface area contributed by atoms with E-state index in [9.17, 15) is 22.8 Å². The van der Waals surface area contributed by atoms with Gasteiger partial charge in [0.1, 0.15) is 5.82 Å². The molecular weight excluding hydrogens is 461 g/mol. The molecule has 0 fully saturated rings. The van der Waals surface area contributed by atoms with Gasteiger partial charge in [0.05, 0.1) is 10.7 Å². The molecule has 2 aromatic heterocycles. The summed E-state index contributed by atoms with van der Waals surface area (Å²) >= 11 is 6.32. The Bertz CT molecular complexity index is 1190. The third-order valence-electron chi connectivity index (χ3n) is 4.43. The molecule has 0 aliphatic carbocycles. The number of amides is 1. The third kappa shape index (κ3) is 6.79. The summed E-state index contributed by atoms with van der Waals surface area (Å²) in [6, 6.07) is 9.03. The topological polar surface area (TPSA) is 97.0 Å². The minimum Gasteiger partial charge on any atom is -0.468 e. The first kappa shape index (κ1) is 24.2. The first-order valence-electron chi connectivity index (χ1n) is 9.85. The van der Waals surface area contributed by atoms with Gasteiger partial charge in [-0.15, -0.1) is 0 Å². The number of ether oxygens (including phenoxy) is 1. The first-order valence-corrected chi connectivity index (χ1v) is 10.2. The lowest BCUT2D eigenvalue weighted by Gasteiger charge is -2.11. The second-order valence-corrected chi connectivity index (χ2v) is 7.86. The number of carbonyl (C=O) groups excluding carboxylic acids is 1. The van der Waals surface area contributed by atoms with Crippen LogP contribution in [0.2, 0.25) is 5.02 Å². The fraction of sp³-hybridized carbons (Fsp3) is 0.273. The van der Waals surface area contributed by atoms with E-state index in [4.69, 9.17) is 11.6 Å². The van der Waals surface area contributed by atoms with Crippen molar-refractivity contribution in [2.24, 2.45) is 5.92 Å². The summed E-state index contributed by atoms with van der Waals surface area (Å²) in [5, 5.41) is 3.14. The second-order valence-electron chi connectivity index (χ2n) is 7.45. The monoisotopic (exact) mass is 480 g/mol. The number of carbonyl (C=O) groups is 1. The standard InChI is InChI=1S/C22H20ClF3N4O3/c1-12(2)21(32)28-9-13-3-5-16(23)15(7-13)20-29-17(8-18(31)30-20)14-4-6-19(27-10-14)33-11-22(24,25)26/h3-8,10,12H,9,11H2,1-2H3,(H,28,32)(H,29,30,31). The highest BCUT2D eigenvalue weighted by atomic mass is 35.5. The molecule has 3 rings (SSSR count). The maximum Gasteiger partial charge on any atom is 0.422 e. The highest BCUT2D eigenvalue weighted by Crippen LogP contribution is 2.28. The predicted octanol–water partition coefficient (Wildman–Crippen LogP) is 4.37. The van der Waals surface area contributed by atoms with E-state index in [1.165, 1.54) is 24.4 Å². The maximum absolute atomic E-state index is 12.3. The fourth-order valence-electron chi connectivity index (χ4n) is 2.76. The Labute approximate surface area is 192 Å². The molecule has 2 heterocycles. The van der Waals surface area contributed by atoms with Crippen molar-refractivity contribution < 1.29 is 22.7 Å². The van der Waals surface area contributed by atoms with E-state index in [1.807, 2.05) is 0 Å². The van der Waals surface area contributed by atoms with Crippen molar-refractivity contribution in [3.63, 3.8) is 0 Å². The van der Waals surface area contributed by atoms with Crippen molar-refractivity contribution in [3.05, 3.63) is 63.5 Å². The molecule has 174 valence electrons. The minimum absolute atomic E-state index is 0.102. The van der Waals surface area contributed by atoms with Gasteiger partial charge >= 0.3 is 6.18 Å². The van der Waals surface area contributed by atoms with Crippen molar-refractivity contribution >= 4 is 17.5 Å². The van der Waals surface area contributed by atoms with Crippen LogP contribution in [0.5, 0.6) is 5.88 Å². The molecule has 0 aliphatic heterocycles. The number of nitrogens with zero attached hydrogens (tertiary/aromatic N) is 2. The van der Waals surface area contributed by atoms with Crippen LogP contribution in [-0.2, 0) is 11.3 Å². The predicted molar refractivity (Wildman–Crippen MR) is 117 cm³/mol. The molecule has 0 radical (unpaired) electrons. The van der Waals surface area contributed by atoms with E-state index in [0.29, 0.717) is 16.1 Å². The number of rotatable bonds is 7. The lowest BCUT2D eigenvalue weighted by Crippen LogP contribution is -2.27. The van der Waals surface area contributed by atoms with Gasteiger partial charge in [-0.2, -0.15) is 13.2 Å². The molecule has 7 nitrogen and oxygen atoms in total. The highest BCUT2D eigenvalue weighted by molar-refractivity contribution is 6.33. The molecule has 0 atom stereocenters. The number of halogens is 4. The molecular formula is C22H20ClF3N4O3. The Balaban J connectivity index is 1.86. The van der Waals surface area contributed by atoms with Crippen LogP contribution in [0.15, 0.2) is 47.4 Å². The van der Waals surface area contributed by atoms with Crippen molar-refractivity contribution in [2.75, 3.05) is 6.61 Å². The summed E-state index contributed by atoms with van der Waals surface area (Å²) < 4.78 is 41.5. The summed E-state index contributed by atoms with van der Waals surface area (Å²) in [4.78, 5) is 35.0. The van der Waals surface area contributed by atoms with Crippen molar-refractivity contribution in [3.8, 4) is 28.5 Å². The number of alkyl halides is 3. The van der Waals surface area contributed by atoms with Gasteiger partial charge in [-0.3, -0.25) is 9.59 Å². The molecule has 0 saturated carbocycles. The van der Waals surface area contributed by atoms with Gasteiger partial charge in [0.2, 0.25) is 11.8 Å². The molecule has 3 aromatic rings. The summed E-state index contributed by atoms with van der Waals surface area (Å²) in [5.41, 5.74) is 1.40. The van der Waals surface area contributed by atoms with Gasteiger partial charge in [0.15, 0.2) is 6.61 Å². The smallest absolute Gasteiger partial charge is 0.422 e. The number of hydrogen-bond donors (Lipinski definition) is 2. The Morgan fingerprint density at radius 1 is 1.21 bits per heavy atom. The maximum atomic E-state index is 12.3. The molecule has 0 spiro atoms. The molecule has 2 N–H and O–H groups in total. The molecule has 0 aliphatic rings. The van der Waals surface area contributed by atoms with Crippen LogP contribution in [0, 0.1) is 5.92 Å². The summed E-state index contributed by atoms with van der Waals surface area (Å²) in [6.45, 7) is 2.38. The van der Waals surface area contributed by atoms with Crippen LogP contribution in [0.1, 0.15) is 19.4 Å². The Morgan fingerprint density at radius 3 is 2.61 bits per heavy atom. The van der Waals surface area contributed by atoms with E-state index in [-0.39, 0.29) is 35.8 Å². The van der Waals surface area contributed by atoms with Crippen LogP contribution in [-0.4, -0.2) is 33.6 Å². The largest absolute Gasteiger partial charge is 0.468 e. The zero-order valence-electron chi connectivity index (χ0n) is 17.7. The molecule has 33 heavy (non-hydrogen) atoms. The van der Waals surface area contributed by atoms with Crippen LogP contribution in [0.3, 0.4) is 0 Å². The second kappa shape index (κ2) is 10.0. The number of H-pyrrole nitrogens is 1. The van der Waals surface area contributed by atoms with Crippen molar-refractivity contribution in [1.82, 2.24) is 20.3 Å². The molecule has 11 heteroatoms. The average molecular weight is 481 g/mol. The van der Waals surface area contributed by atoms with E-state index < -0.39 is 18.3 Å². The van der Waals surface area contributed by atoms with Gasteiger partial charge in [0, 0.05) is 41.9 Å². The highest BCUT2D eigenvalue weighted by Gasteiger charge is 2.28. The first-order chi connectivity index (χ1) is 15.5. The summed E-state index contributed by atoms with van der Waals surface area (Å²) in [7, 11) is 0. The van der Waals surface area contributed by atoms with Gasteiger partial charge < -0.3 is 15.0 Å². The molecule has 1 amide bonds. The van der Waals surface area contributed by atoms with Crippen LogP contribution in [0.4, 0.5) is 13.2 Å². The SMILES string of the molecule is CC(C)C(=O)NCc1ccc(Cl)c(-c2nc(-c3ccc(OCC(F)(F)F)nc3)cc(=O)[nH]2)c1. The van der Waals surface area contributed by atoms with E-state index >= 15 is 0 Å². The zero-order chi connectivity index (χ0) is 24.2. The Kier molecular flexibility index (Phi) is 7.37. The van der Waals surface area contributed by atoms with Crippen molar-refractivity contribution in [1.29, 1.82) is 0 Å².